The highest BCUT2D eigenvalue weighted by atomic mass is 16.4. The number of nitrogens with one attached hydrogen (secondary N) is 1. The van der Waals surface area contributed by atoms with Crippen LogP contribution in [0.1, 0.15) is 28.4 Å². The molecular weight excluding hydrogens is 244 g/mol. The summed E-state index contributed by atoms with van der Waals surface area (Å²) in [5, 5.41) is 12.6. The molecule has 1 aromatic heterocycles. The number of nitrogens with zero attached hydrogens (tertiary/aromatic N) is 3. The average Bonchev–Trinajstić information content (AvgIpc) is 2.66. The largest absolute Gasteiger partial charge is 0.476 e. The number of carboxylic acids is 1. The molecular formula is C13H22N4O2. The SMILES string of the molecule is Cc1nc(C(=O)O)c2n1CC(NCCN(C)C)CC2. The Morgan fingerprint density at radius 3 is 2.95 bits per heavy atom. The molecule has 0 saturated heterocycles. The van der Waals surface area contributed by atoms with Gasteiger partial charge < -0.3 is 19.9 Å². The Kier molecular flexibility index (Phi) is 4.21. The first kappa shape index (κ1) is 14.0. The van der Waals surface area contributed by atoms with Gasteiger partial charge >= 0.3 is 5.97 Å². The van der Waals surface area contributed by atoms with Gasteiger partial charge in [-0.05, 0) is 33.9 Å². The molecule has 0 amide bonds. The minimum atomic E-state index is -0.920. The molecule has 2 heterocycles. The van der Waals surface area contributed by atoms with Crippen molar-refractivity contribution in [3.05, 3.63) is 17.2 Å². The van der Waals surface area contributed by atoms with E-state index in [0.29, 0.717) is 6.04 Å². The third-order valence-electron chi connectivity index (χ3n) is 3.59. The number of imidazole rings is 1. The van der Waals surface area contributed by atoms with Crippen LogP contribution in [-0.4, -0.2) is 58.8 Å². The molecule has 0 spiro atoms. The summed E-state index contributed by atoms with van der Waals surface area (Å²) >= 11 is 0. The van der Waals surface area contributed by atoms with Gasteiger partial charge in [0, 0.05) is 25.7 Å². The van der Waals surface area contributed by atoms with Gasteiger partial charge in [-0.2, -0.15) is 0 Å². The van der Waals surface area contributed by atoms with Crippen LogP contribution < -0.4 is 5.32 Å². The Morgan fingerprint density at radius 2 is 2.32 bits per heavy atom. The van der Waals surface area contributed by atoms with Crippen molar-refractivity contribution in [3.63, 3.8) is 0 Å². The lowest BCUT2D eigenvalue weighted by molar-refractivity contribution is 0.0689. The van der Waals surface area contributed by atoms with Crippen LogP contribution in [-0.2, 0) is 13.0 Å². The van der Waals surface area contributed by atoms with Gasteiger partial charge in [0.15, 0.2) is 5.69 Å². The fraction of sp³-hybridized carbons (Fsp3) is 0.692. The summed E-state index contributed by atoms with van der Waals surface area (Å²) in [6.07, 6.45) is 1.75. The second-order valence-corrected chi connectivity index (χ2v) is 5.36. The lowest BCUT2D eigenvalue weighted by Crippen LogP contribution is -2.40. The first-order chi connectivity index (χ1) is 8.99. The van der Waals surface area contributed by atoms with Crippen molar-refractivity contribution in [3.8, 4) is 0 Å². The molecule has 6 nitrogen and oxygen atoms in total. The van der Waals surface area contributed by atoms with Crippen LogP contribution in [0.2, 0.25) is 0 Å². The molecule has 0 saturated carbocycles. The summed E-state index contributed by atoms with van der Waals surface area (Å²) in [5.74, 6) is -0.123. The zero-order valence-electron chi connectivity index (χ0n) is 11.8. The quantitative estimate of drug-likeness (QED) is 0.805. The molecule has 106 valence electrons. The maximum atomic E-state index is 11.1. The first-order valence-electron chi connectivity index (χ1n) is 6.66. The third-order valence-corrected chi connectivity index (χ3v) is 3.59. The molecule has 2 rings (SSSR count). The molecule has 19 heavy (non-hydrogen) atoms. The summed E-state index contributed by atoms with van der Waals surface area (Å²) in [6.45, 7) is 4.65. The van der Waals surface area contributed by atoms with E-state index < -0.39 is 5.97 Å². The van der Waals surface area contributed by atoms with Crippen LogP contribution in [0.25, 0.3) is 0 Å². The first-order valence-corrected chi connectivity index (χ1v) is 6.66. The average molecular weight is 266 g/mol. The Bertz CT molecular complexity index is 467. The van der Waals surface area contributed by atoms with Gasteiger partial charge in [-0.1, -0.05) is 0 Å². The van der Waals surface area contributed by atoms with Gasteiger partial charge in [-0.25, -0.2) is 9.78 Å². The molecule has 0 aromatic carbocycles. The van der Waals surface area contributed by atoms with E-state index in [4.69, 9.17) is 5.11 Å². The lowest BCUT2D eigenvalue weighted by atomic mass is 10.0. The molecule has 1 aromatic rings. The van der Waals surface area contributed by atoms with Crippen molar-refractivity contribution < 1.29 is 9.90 Å². The van der Waals surface area contributed by atoms with Gasteiger partial charge in [0.05, 0.1) is 5.69 Å². The highest BCUT2D eigenvalue weighted by molar-refractivity contribution is 5.86. The Labute approximate surface area is 113 Å². The number of hydrogen-bond donors (Lipinski definition) is 2. The van der Waals surface area contributed by atoms with Gasteiger partial charge in [0.1, 0.15) is 5.82 Å². The van der Waals surface area contributed by atoms with E-state index in [9.17, 15) is 4.79 Å². The second-order valence-electron chi connectivity index (χ2n) is 5.36. The Hall–Kier alpha value is -1.40. The number of aryl methyl sites for hydroxylation is 1. The molecule has 0 aliphatic carbocycles. The highest BCUT2D eigenvalue weighted by Gasteiger charge is 2.26. The summed E-state index contributed by atoms with van der Waals surface area (Å²) in [4.78, 5) is 17.4. The van der Waals surface area contributed by atoms with Crippen molar-refractivity contribution in [1.82, 2.24) is 19.8 Å². The topological polar surface area (TPSA) is 70.4 Å². The van der Waals surface area contributed by atoms with E-state index >= 15 is 0 Å². The molecule has 6 heteroatoms. The van der Waals surface area contributed by atoms with Gasteiger partial charge in [-0.3, -0.25) is 0 Å². The van der Waals surface area contributed by atoms with E-state index in [0.717, 1.165) is 44.0 Å². The van der Waals surface area contributed by atoms with Gasteiger partial charge in [0.2, 0.25) is 0 Å². The summed E-state index contributed by atoms with van der Waals surface area (Å²) in [7, 11) is 4.11. The summed E-state index contributed by atoms with van der Waals surface area (Å²) < 4.78 is 2.04. The standard InChI is InChI=1S/C13H22N4O2/c1-9-15-12(13(18)19)11-5-4-10(8-17(9)11)14-6-7-16(2)3/h10,14H,4-8H2,1-3H3,(H,18,19). The third kappa shape index (κ3) is 3.13. The second kappa shape index (κ2) is 5.71. The number of aromatic nitrogens is 2. The van der Waals surface area contributed by atoms with E-state index in [1.807, 2.05) is 11.5 Å². The van der Waals surface area contributed by atoms with Crippen LogP contribution in [0.5, 0.6) is 0 Å². The molecule has 0 bridgehead atoms. The summed E-state index contributed by atoms with van der Waals surface area (Å²) in [6, 6.07) is 0.405. The monoisotopic (exact) mass is 266 g/mol. The number of rotatable bonds is 5. The maximum Gasteiger partial charge on any atom is 0.356 e. The summed E-state index contributed by atoms with van der Waals surface area (Å²) in [5.41, 5.74) is 1.10. The van der Waals surface area contributed by atoms with Crippen LogP contribution in [0.3, 0.4) is 0 Å². The Morgan fingerprint density at radius 1 is 1.58 bits per heavy atom. The molecule has 0 radical (unpaired) electrons. The van der Waals surface area contributed by atoms with Crippen LogP contribution in [0.4, 0.5) is 0 Å². The molecule has 2 N–H and O–H groups in total. The molecule has 1 unspecified atom stereocenters. The normalized spacial score (nSPS) is 18.6. The fourth-order valence-electron chi connectivity index (χ4n) is 2.56. The fourth-order valence-corrected chi connectivity index (χ4v) is 2.56. The number of carbonyl (C=O) groups is 1. The Balaban J connectivity index is 2.02. The predicted molar refractivity (Wildman–Crippen MR) is 72.6 cm³/mol. The van der Waals surface area contributed by atoms with E-state index in [1.54, 1.807) is 0 Å². The van der Waals surface area contributed by atoms with Crippen LogP contribution in [0, 0.1) is 6.92 Å². The molecule has 1 aliphatic rings. The van der Waals surface area contributed by atoms with Gasteiger partial charge in [-0.15, -0.1) is 0 Å². The van der Waals surface area contributed by atoms with E-state index in [2.05, 4.69) is 29.3 Å². The smallest absolute Gasteiger partial charge is 0.356 e. The van der Waals surface area contributed by atoms with Crippen molar-refractivity contribution in [2.75, 3.05) is 27.2 Å². The lowest BCUT2D eigenvalue weighted by Gasteiger charge is -2.26. The maximum absolute atomic E-state index is 11.1. The van der Waals surface area contributed by atoms with Crippen molar-refractivity contribution in [1.29, 1.82) is 0 Å². The zero-order valence-corrected chi connectivity index (χ0v) is 11.8. The predicted octanol–water partition coefficient (Wildman–Crippen LogP) is 0.356. The van der Waals surface area contributed by atoms with Crippen LogP contribution >= 0.6 is 0 Å². The van der Waals surface area contributed by atoms with E-state index in [-0.39, 0.29) is 5.69 Å². The number of likely N-dealkylation sites (N-methyl/N-ethyl adjacent to an activating group) is 1. The van der Waals surface area contributed by atoms with Crippen molar-refractivity contribution in [2.45, 2.75) is 32.4 Å². The zero-order chi connectivity index (χ0) is 14.0. The highest BCUT2D eigenvalue weighted by Crippen LogP contribution is 2.21. The van der Waals surface area contributed by atoms with Crippen molar-refractivity contribution in [2.24, 2.45) is 0 Å². The molecule has 1 aliphatic heterocycles. The van der Waals surface area contributed by atoms with Crippen molar-refractivity contribution >= 4 is 5.97 Å². The van der Waals surface area contributed by atoms with Crippen LogP contribution in [0.15, 0.2) is 0 Å². The molecule has 1 atom stereocenters. The minimum Gasteiger partial charge on any atom is -0.476 e. The minimum absolute atomic E-state index is 0.226. The number of hydrogen-bond acceptors (Lipinski definition) is 4. The number of fused-ring (bicyclic) bond motifs is 1. The van der Waals surface area contributed by atoms with Gasteiger partial charge in [0.25, 0.3) is 0 Å². The number of aromatic carboxylic acids is 1. The number of carboxylic acid groups (broad SMARTS) is 1. The van der Waals surface area contributed by atoms with E-state index in [1.165, 1.54) is 0 Å². The molecule has 0 fully saturated rings.